The second-order valence-corrected chi connectivity index (χ2v) is 6.48. The smallest absolute Gasteiger partial charge is 0.00707 e. The Labute approximate surface area is 123 Å². The second kappa shape index (κ2) is 7.24. The third-order valence-electron chi connectivity index (χ3n) is 4.91. The minimum absolute atomic E-state index is 0.767. The predicted molar refractivity (Wildman–Crippen MR) is 85.1 cm³/mol. The maximum Gasteiger partial charge on any atom is 0.00707 e. The van der Waals surface area contributed by atoms with E-state index in [2.05, 4.69) is 34.9 Å². The van der Waals surface area contributed by atoms with E-state index in [1.54, 1.807) is 0 Å². The Balaban J connectivity index is 1.41. The van der Waals surface area contributed by atoms with Crippen molar-refractivity contribution in [2.45, 2.75) is 63.5 Å². The fourth-order valence-corrected chi connectivity index (χ4v) is 3.56. The Morgan fingerprint density at radius 1 is 0.750 bits per heavy atom. The molecule has 0 aromatic heterocycles. The summed E-state index contributed by atoms with van der Waals surface area (Å²) in [6, 6.07) is 10.9. The summed E-state index contributed by atoms with van der Waals surface area (Å²) >= 11 is 0. The number of benzene rings is 1. The molecule has 0 unspecified atom stereocenters. The van der Waals surface area contributed by atoms with Gasteiger partial charge in [-0.3, -0.25) is 0 Å². The average Bonchev–Trinajstić information content (AvgIpc) is 3.17. The number of nitrogens with one attached hydrogen (secondary N) is 2. The molecule has 2 nitrogen and oxygen atoms in total. The molecule has 2 heteroatoms. The van der Waals surface area contributed by atoms with Crippen LogP contribution in [0.25, 0.3) is 0 Å². The van der Waals surface area contributed by atoms with E-state index >= 15 is 0 Å². The lowest BCUT2D eigenvalue weighted by atomic mass is 10.00. The molecule has 2 atom stereocenters. The van der Waals surface area contributed by atoms with Gasteiger partial charge in [-0.15, -0.1) is 0 Å². The zero-order valence-electron chi connectivity index (χ0n) is 12.5. The Hall–Kier alpha value is -0.860. The highest BCUT2D eigenvalue weighted by Crippen LogP contribution is 2.16. The number of rotatable bonds is 6. The third kappa shape index (κ3) is 4.07. The number of hydrogen-bond acceptors (Lipinski definition) is 2. The van der Waals surface area contributed by atoms with Crippen LogP contribution >= 0.6 is 0 Å². The Morgan fingerprint density at radius 2 is 1.20 bits per heavy atom. The van der Waals surface area contributed by atoms with E-state index in [4.69, 9.17) is 0 Å². The average molecular weight is 272 g/mol. The lowest BCUT2D eigenvalue weighted by molar-refractivity contribution is 0.557. The molecule has 2 heterocycles. The summed E-state index contributed by atoms with van der Waals surface area (Å²) in [5, 5.41) is 7.17. The maximum atomic E-state index is 3.58. The highest BCUT2D eigenvalue weighted by Gasteiger charge is 2.14. The van der Waals surface area contributed by atoms with Crippen molar-refractivity contribution in [3.63, 3.8) is 0 Å². The highest BCUT2D eigenvalue weighted by molar-refractivity contribution is 5.23. The molecule has 20 heavy (non-hydrogen) atoms. The minimum atomic E-state index is 0.767. The molecular formula is C18H28N2. The molecule has 0 aliphatic carbocycles. The molecule has 0 bridgehead atoms. The molecule has 0 spiro atoms. The van der Waals surface area contributed by atoms with Gasteiger partial charge in [-0.05, 0) is 75.6 Å². The van der Waals surface area contributed by atoms with Crippen molar-refractivity contribution in [2.75, 3.05) is 13.1 Å². The van der Waals surface area contributed by atoms with Gasteiger partial charge in [0.05, 0.1) is 0 Å². The molecular weight excluding hydrogens is 244 g/mol. The molecule has 2 saturated heterocycles. The summed E-state index contributed by atoms with van der Waals surface area (Å²) in [6.45, 7) is 2.44. The molecule has 2 aliphatic heterocycles. The summed E-state index contributed by atoms with van der Waals surface area (Å²) in [6.07, 6.45) is 10.5. The van der Waals surface area contributed by atoms with Crippen LogP contribution in [-0.4, -0.2) is 25.2 Å². The minimum Gasteiger partial charge on any atom is -0.314 e. The zero-order chi connectivity index (χ0) is 13.6. The zero-order valence-corrected chi connectivity index (χ0v) is 12.5. The molecule has 1 aromatic rings. The fraction of sp³-hybridized carbons (Fsp3) is 0.667. The van der Waals surface area contributed by atoms with Gasteiger partial charge in [-0.25, -0.2) is 0 Å². The highest BCUT2D eigenvalue weighted by atomic mass is 14.9. The van der Waals surface area contributed by atoms with Crippen LogP contribution in [0, 0.1) is 0 Å². The van der Waals surface area contributed by atoms with Crippen molar-refractivity contribution < 1.29 is 0 Å². The van der Waals surface area contributed by atoms with Gasteiger partial charge in [0.25, 0.3) is 0 Å². The van der Waals surface area contributed by atoms with Crippen LogP contribution in [0.3, 0.4) is 0 Å². The third-order valence-corrected chi connectivity index (χ3v) is 4.91. The molecule has 2 aliphatic rings. The van der Waals surface area contributed by atoms with Gasteiger partial charge in [0.15, 0.2) is 0 Å². The van der Waals surface area contributed by atoms with E-state index in [1.807, 2.05) is 0 Å². The summed E-state index contributed by atoms with van der Waals surface area (Å²) in [4.78, 5) is 0. The maximum absolute atomic E-state index is 3.58. The van der Waals surface area contributed by atoms with Crippen molar-refractivity contribution in [1.29, 1.82) is 0 Å². The lowest BCUT2D eigenvalue weighted by Crippen LogP contribution is -2.21. The Kier molecular flexibility index (Phi) is 5.10. The summed E-state index contributed by atoms with van der Waals surface area (Å²) < 4.78 is 0. The summed E-state index contributed by atoms with van der Waals surface area (Å²) in [5.74, 6) is 0. The Bertz CT molecular complexity index is 347. The molecule has 1 aromatic carbocycles. The predicted octanol–water partition coefficient (Wildman–Crippen LogP) is 3.06. The first-order chi connectivity index (χ1) is 9.90. The molecule has 0 saturated carbocycles. The first-order valence-corrected chi connectivity index (χ1v) is 8.45. The summed E-state index contributed by atoms with van der Waals surface area (Å²) in [5.41, 5.74) is 3.00. The van der Waals surface area contributed by atoms with E-state index < -0.39 is 0 Å². The first-order valence-electron chi connectivity index (χ1n) is 8.45. The molecule has 0 radical (unpaired) electrons. The fourth-order valence-electron chi connectivity index (χ4n) is 3.56. The molecule has 3 rings (SSSR count). The van der Waals surface area contributed by atoms with Gasteiger partial charge in [-0.2, -0.15) is 0 Å². The number of hydrogen-bond donors (Lipinski definition) is 2. The second-order valence-electron chi connectivity index (χ2n) is 6.48. The van der Waals surface area contributed by atoms with Crippen LogP contribution in [0.5, 0.6) is 0 Å². The van der Waals surface area contributed by atoms with E-state index in [0.717, 1.165) is 12.1 Å². The Morgan fingerprint density at radius 3 is 1.55 bits per heavy atom. The quantitative estimate of drug-likeness (QED) is 0.831. The molecule has 0 amide bonds. The van der Waals surface area contributed by atoms with Crippen molar-refractivity contribution in [2.24, 2.45) is 0 Å². The van der Waals surface area contributed by atoms with Crippen molar-refractivity contribution in [3.05, 3.63) is 35.4 Å². The standard InChI is InChI=1S/C18H28N2/c1-3-17(19-13-1)11-9-15-5-7-16(8-6-15)10-12-18-4-2-14-20-18/h5-8,17-20H,1-4,9-14H2/t17-,18-/m0/s1. The molecule has 2 fully saturated rings. The van der Waals surface area contributed by atoms with E-state index in [1.165, 1.54) is 75.6 Å². The largest absolute Gasteiger partial charge is 0.314 e. The van der Waals surface area contributed by atoms with Gasteiger partial charge >= 0.3 is 0 Å². The first kappa shape index (κ1) is 14.1. The lowest BCUT2D eigenvalue weighted by Gasteiger charge is -2.11. The van der Waals surface area contributed by atoms with Gasteiger partial charge < -0.3 is 10.6 Å². The van der Waals surface area contributed by atoms with Crippen molar-refractivity contribution in [1.82, 2.24) is 10.6 Å². The monoisotopic (exact) mass is 272 g/mol. The van der Waals surface area contributed by atoms with Crippen LogP contribution in [0.15, 0.2) is 24.3 Å². The van der Waals surface area contributed by atoms with Crippen LogP contribution in [0.2, 0.25) is 0 Å². The van der Waals surface area contributed by atoms with Crippen LogP contribution in [-0.2, 0) is 12.8 Å². The SMILES string of the molecule is c1cc(CC[C@@H]2CCCN2)ccc1CC[C@@H]1CCCN1. The van der Waals surface area contributed by atoms with E-state index in [0.29, 0.717) is 0 Å². The number of aryl methyl sites for hydroxylation is 2. The van der Waals surface area contributed by atoms with E-state index in [9.17, 15) is 0 Å². The summed E-state index contributed by atoms with van der Waals surface area (Å²) in [7, 11) is 0. The van der Waals surface area contributed by atoms with Gasteiger partial charge in [0, 0.05) is 12.1 Å². The van der Waals surface area contributed by atoms with Crippen molar-refractivity contribution in [3.8, 4) is 0 Å². The van der Waals surface area contributed by atoms with Crippen molar-refractivity contribution >= 4 is 0 Å². The van der Waals surface area contributed by atoms with Gasteiger partial charge in [0.1, 0.15) is 0 Å². The molecule has 2 N–H and O–H groups in total. The molecule has 110 valence electrons. The normalized spacial score (nSPS) is 26.2. The topological polar surface area (TPSA) is 24.1 Å². The van der Waals surface area contributed by atoms with Crippen LogP contribution in [0.1, 0.15) is 49.7 Å². The van der Waals surface area contributed by atoms with Crippen LogP contribution in [0.4, 0.5) is 0 Å². The van der Waals surface area contributed by atoms with Gasteiger partial charge in [-0.1, -0.05) is 24.3 Å². The van der Waals surface area contributed by atoms with Gasteiger partial charge in [0.2, 0.25) is 0 Å². The van der Waals surface area contributed by atoms with Crippen LogP contribution < -0.4 is 10.6 Å². The van der Waals surface area contributed by atoms with E-state index in [-0.39, 0.29) is 0 Å².